The number of hydrogen-bond donors (Lipinski definition) is 2. The zero-order chi connectivity index (χ0) is 13.8. The van der Waals surface area contributed by atoms with E-state index in [4.69, 9.17) is 5.11 Å². The molecule has 0 radical (unpaired) electrons. The van der Waals surface area contributed by atoms with Crippen molar-refractivity contribution in [3.63, 3.8) is 0 Å². The van der Waals surface area contributed by atoms with Crippen molar-refractivity contribution in [2.45, 2.75) is 0 Å². The van der Waals surface area contributed by atoms with E-state index in [1.807, 2.05) is 0 Å². The molecule has 0 aliphatic carbocycles. The Balaban J connectivity index is 2.51. The van der Waals surface area contributed by atoms with E-state index in [0.717, 1.165) is 12.3 Å². The largest absolute Gasteiger partial charge is 0.508 e. The topological polar surface area (TPSA) is 91.7 Å². The van der Waals surface area contributed by atoms with Gasteiger partial charge in [-0.3, -0.25) is 4.79 Å². The second-order valence-corrected chi connectivity index (χ2v) is 7.17. The molecule has 0 atom stereocenters. The fraction of sp³-hybridized carbons (Fsp3) is 0.364. The van der Waals surface area contributed by atoms with Crippen LogP contribution >= 0.6 is 11.8 Å². The molecule has 1 rings (SSSR count). The summed E-state index contributed by atoms with van der Waals surface area (Å²) >= 11 is 1.19. The first-order valence-electron chi connectivity index (χ1n) is 5.10. The summed E-state index contributed by atoms with van der Waals surface area (Å²) in [6.45, 7) is 0. The van der Waals surface area contributed by atoms with Crippen molar-refractivity contribution in [3.8, 4) is 11.5 Å². The van der Waals surface area contributed by atoms with Gasteiger partial charge in [0, 0.05) is 18.1 Å². The molecule has 0 spiro atoms. The van der Waals surface area contributed by atoms with Crippen LogP contribution in [0.25, 0.3) is 0 Å². The van der Waals surface area contributed by atoms with Gasteiger partial charge in [0.1, 0.15) is 21.3 Å². The van der Waals surface area contributed by atoms with Gasteiger partial charge in [0.05, 0.1) is 17.1 Å². The van der Waals surface area contributed by atoms with E-state index < -0.39 is 9.84 Å². The highest BCUT2D eigenvalue weighted by Crippen LogP contribution is 2.23. The number of aromatic hydroxyl groups is 2. The summed E-state index contributed by atoms with van der Waals surface area (Å²) in [7, 11) is -3.02. The number of phenols is 2. The highest BCUT2D eigenvalue weighted by atomic mass is 32.2. The van der Waals surface area contributed by atoms with Crippen LogP contribution < -0.4 is 0 Å². The van der Waals surface area contributed by atoms with E-state index in [2.05, 4.69) is 0 Å². The van der Waals surface area contributed by atoms with Crippen LogP contribution in [0.5, 0.6) is 11.5 Å². The van der Waals surface area contributed by atoms with E-state index >= 15 is 0 Å². The van der Waals surface area contributed by atoms with Crippen LogP contribution in [0.2, 0.25) is 0 Å². The lowest BCUT2D eigenvalue weighted by Crippen LogP contribution is -2.08. The van der Waals surface area contributed by atoms with Gasteiger partial charge in [-0.05, 0) is 12.1 Å². The summed E-state index contributed by atoms with van der Waals surface area (Å²) in [6, 6.07) is 3.74. The summed E-state index contributed by atoms with van der Waals surface area (Å²) < 4.78 is 21.7. The van der Waals surface area contributed by atoms with Gasteiger partial charge in [0.2, 0.25) is 0 Å². The van der Waals surface area contributed by atoms with Crippen LogP contribution in [-0.2, 0) is 9.84 Å². The third-order valence-corrected chi connectivity index (χ3v) is 4.28. The lowest BCUT2D eigenvalue weighted by molar-refractivity contribution is 0.102. The first-order valence-corrected chi connectivity index (χ1v) is 8.32. The van der Waals surface area contributed by atoms with Crippen LogP contribution in [-0.4, -0.2) is 47.9 Å². The number of hydrogen-bond acceptors (Lipinski definition) is 6. The van der Waals surface area contributed by atoms with E-state index in [0.29, 0.717) is 5.75 Å². The molecule has 0 fully saturated rings. The average Bonchev–Trinajstić information content (AvgIpc) is 2.22. The van der Waals surface area contributed by atoms with E-state index in [-0.39, 0.29) is 34.4 Å². The van der Waals surface area contributed by atoms with Gasteiger partial charge in [-0.1, -0.05) is 0 Å². The third-order valence-electron chi connectivity index (χ3n) is 2.11. The van der Waals surface area contributed by atoms with Crippen LogP contribution in [0.3, 0.4) is 0 Å². The minimum absolute atomic E-state index is 0.0203. The average molecular weight is 290 g/mol. The molecule has 0 aliphatic heterocycles. The molecule has 0 aromatic heterocycles. The molecule has 1 aromatic rings. The summed E-state index contributed by atoms with van der Waals surface area (Å²) in [5, 5.41) is 18.5. The molecular formula is C11H14O5S2. The minimum atomic E-state index is -3.02. The van der Waals surface area contributed by atoms with Crippen molar-refractivity contribution < 1.29 is 23.4 Å². The Labute approximate surface area is 110 Å². The van der Waals surface area contributed by atoms with E-state index in [1.165, 1.54) is 23.9 Å². The van der Waals surface area contributed by atoms with Crippen LogP contribution in [0.15, 0.2) is 18.2 Å². The molecule has 5 nitrogen and oxygen atoms in total. The van der Waals surface area contributed by atoms with Gasteiger partial charge < -0.3 is 10.2 Å². The van der Waals surface area contributed by atoms with Crippen molar-refractivity contribution >= 4 is 27.4 Å². The summed E-state index contributed by atoms with van der Waals surface area (Å²) in [4.78, 5) is 11.7. The van der Waals surface area contributed by atoms with Gasteiger partial charge in [0.25, 0.3) is 0 Å². The number of carbonyl (C=O) groups is 1. The van der Waals surface area contributed by atoms with Crippen LogP contribution in [0.1, 0.15) is 10.4 Å². The zero-order valence-corrected chi connectivity index (χ0v) is 11.4. The number of sulfone groups is 1. The van der Waals surface area contributed by atoms with Crippen molar-refractivity contribution in [2.24, 2.45) is 0 Å². The molecule has 1 aromatic carbocycles. The van der Waals surface area contributed by atoms with Crippen LogP contribution in [0, 0.1) is 0 Å². The highest BCUT2D eigenvalue weighted by molar-refractivity contribution is 8.01. The number of benzene rings is 1. The van der Waals surface area contributed by atoms with Crippen LogP contribution in [0.4, 0.5) is 0 Å². The SMILES string of the molecule is CS(=O)(=O)CCSCC(=O)c1ccc(O)cc1O. The van der Waals surface area contributed by atoms with Crippen molar-refractivity contribution in [1.29, 1.82) is 0 Å². The van der Waals surface area contributed by atoms with Gasteiger partial charge >= 0.3 is 0 Å². The molecule has 18 heavy (non-hydrogen) atoms. The Morgan fingerprint density at radius 3 is 2.56 bits per heavy atom. The molecule has 100 valence electrons. The summed E-state index contributed by atoms with van der Waals surface area (Å²) in [5.41, 5.74) is 0.125. The number of phenolic OH excluding ortho intramolecular Hbond substituents is 2. The molecule has 2 N–H and O–H groups in total. The molecule has 0 saturated heterocycles. The van der Waals surface area contributed by atoms with Crippen molar-refractivity contribution in [1.82, 2.24) is 0 Å². The molecule has 0 amide bonds. The van der Waals surface area contributed by atoms with Crippen molar-refractivity contribution in [2.75, 3.05) is 23.5 Å². The van der Waals surface area contributed by atoms with Gasteiger partial charge in [-0.25, -0.2) is 8.42 Å². The maximum Gasteiger partial charge on any atom is 0.176 e. The molecule has 0 aliphatic rings. The first-order chi connectivity index (χ1) is 8.29. The zero-order valence-electron chi connectivity index (χ0n) is 9.79. The Kier molecular flexibility index (Phi) is 5.03. The predicted octanol–water partition coefficient (Wildman–Crippen LogP) is 1.06. The normalized spacial score (nSPS) is 11.4. The molecule has 7 heteroatoms. The lowest BCUT2D eigenvalue weighted by atomic mass is 10.1. The molecule has 0 bridgehead atoms. The molecule has 0 saturated carbocycles. The predicted molar refractivity (Wildman–Crippen MR) is 71.1 cm³/mol. The number of thioether (sulfide) groups is 1. The van der Waals surface area contributed by atoms with Gasteiger partial charge in [-0.2, -0.15) is 11.8 Å². The molecule has 0 unspecified atom stereocenters. The Bertz CT molecular complexity index is 536. The lowest BCUT2D eigenvalue weighted by Gasteiger charge is -2.04. The number of rotatable bonds is 6. The Hall–Kier alpha value is -1.21. The van der Waals surface area contributed by atoms with Gasteiger partial charge in [-0.15, -0.1) is 0 Å². The Morgan fingerprint density at radius 1 is 1.33 bits per heavy atom. The second-order valence-electron chi connectivity index (χ2n) is 3.81. The monoisotopic (exact) mass is 290 g/mol. The maximum absolute atomic E-state index is 11.7. The fourth-order valence-electron chi connectivity index (χ4n) is 1.21. The van der Waals surface area contributed by atoms with E-state index in [1.54, 1.807) is 0 Å². The second kappa shape index (κ2) is 6.10. The Morgan fingerprint density at radius 2 is 2.00 bits per heavy atom. The number of Topliss-reactive ketones (excluding diaryl/α,β-unsaturated/α-hetero) is 1. The van der Waals surface area contributed by atoms with E-state index in [9.17, 15) is 18.3 Å². The maximum atomic E-state index is 11.7. The molecule has 0 heterocycles. The third kappa shape index (κ3) is 4.97. The number of ketones is 1. The van der Waals surface area contributed by atoms with Crippen molar-refractivity contribution in [3.05, 3.63) is 23.8 Å². The molecular weight excluding hydrogens is 276 g/mol. The first kappa shape index (κ1) is 14.8. The summed E-state index contributed by atoms with van der Waals surface area (Å²) in [5.74, 6) is -0.243. The van der Waals surface area contributed by atoms with Gasteiger partial charge in [0.15, 0.2) is 5.78 Å². The number of carbonyl (C=O) groups excluding carboxylic acids is 1. The summed E-state index contributed by atoms with van der Waals surface area (Å²) in [6.07, 6.45) is 1.14. The highest BCUT2D eigenvalue weighted by Gasteiger charge is 2.12. The minimum Gasteiger partial charge on any atom is -0.508 e. The quantitative estimate of drug-likeness (QED) is 0.601. The standard InChI is InChI=1S/C11H14O5S2/c1-18(15,16)5-4-17-7-11(14)9-3-2-8(12)6-10(9)13/h2-3,6,12-13H,4-5,7H2,1H3. The smallest absolute Gasteiger partial charge is 0.176 e. The fourth-order valence-corrected chi connectivity index (χ4v) is 3.38.